The molecule has 2 rings (SSSR count). The summed E-state index contributed by atoms with van der Waals surface area (Å²) in [5.41, 5.74) is 0.684. The predicted molar refractivity (Wildman–Crippen MR) is 102 cm³/mol. The van der Waals surface area contributed by atoms with Gasteiger partial charge in [0.15, 0.2) is 5.78 Å². The second kappa shape index (κ2) is 7.95. The summed E-state index contributed by atoms with van der Waals surface area (Å²) in [5.74, 6) is -0.889. The Balaban J connectivity index is 2.08. The Kier molecular flexibility index (Phi) is 5.93. The van der Waals surface area contributed by atoms with E-state index < -0.39 is 11.3 Å². The predicted octanol–water partition coefficient (Wildman–Crippen LogP) is 3.73. The summed E-state index contributed by atoms with van der Waals surface area (Å²) in [5, 5.41) is 5.60. The van der Waals surface area contributed by atoms with Crippen LogP contribution < -0.4 is 10.6 Å². The van der Waals surface area contributed by atoms with Crippen molar-refractivity contribution >= 4 is 23.3 Å². The smallest absolute Gasteiger partial charge is 0.239 e. The molecule has 2 amide bonds. The van der Waals surface area contributed by atoms with Gasteiger partial charge in [-0.05, 0) is 45.4 Å². The minimum Gasteiger partial charge on any atom is -0.349 e. The molecule has 0 saturated carbocycles. The molecule has 0 radical (unpaired) electrons. The fraction of sp³-hybridized carbons (Fsp3) is 0.286. The quantitative estimate of drug-likeness (QED) is 0.614. The van der Waals surface area contributed by atoms with Crippen molar-refractivity contribution in [2.75, 3.05) is 5.32 Å². The van der Waals surface area contributed by atoms with Crippen LogP contribution in [0.2, 0.25) is 0 Å². The Morgan fingerprint density at radius 1 is 0.923 bits per heavy atom. The van der Waals surface area contributed by atoms with E-state index >= 15 is 0 Å². The monoisotopic (exact) mass is 352 g/mol. The molecule has 1 atom stereocenters. The Morgan fingerprint density at radius 3 is 2.19 bits per heavy atom. The maximum atomic E-state index is 12.6. The van der Waals surface area contributed by atoms with E-state index in [-0.39, 0.29) is 17.7 Å². The lowest BCUT2D eigenvalue weighted by Gasteiger charge is -2.25. The average molecular weight is 352 g/mol. The van der Waals surface area contributed by atoms with Gasteiger partial charge in [0, 0.05) is 11.3 Å². The molecule has 0 heterocycles. The first-order valence-electron chi connectivity index (χ1n) is 8.50. The first-order valence-corrected chi connectivity index (χ1v) is 8.50. The molecule has 1 unspecified atom stereocenters. The van der Waals surface area contributed by atoms with Crippen LogP contribution in [-0.2, 0) is 9.59 Å². The van der Waals surface area contributed by atoms with Gasteiger partial charge in [-0.15, -0.1) is 0 Å². The Bertz CT molecular complexity index is 813. The number of ketones is 1. The second-order valence-corrected chi connectivity index (χ2v) is 6.82. The molecule has 0 aromatic heterocycles. The first kappa shape index (κ1) is 19.4. The highest BCUT2D eigenvalue weighted by atomic mass is 16.2. The number of Topliss-reactive ketones (excluding diaryl/α,β-unsaturated/α-hetero) is 1. The van der Waals surface area contributed by atoms with Crippen molar-refractivity contribution in [2.24, 2.45) is 5.41 Å². The molecule has 26 heavy (non-hydrogen) atoms. The van der Waals surface area contributed by atoms with Crippen LogP contribution in [0.5, 0.6) is 0 Å². The van der Waals surface area contributed by atoms with Crippen molar-refractivity contribution in [1.82, 2.24) is 5.32 Å². The Morgan fingerprint density at radius 2 is 1.58 bits per heavy atom. The minimum atomic E-state index is -1.27. The van der Waals surface area contributed by atoms with Crippen molar-refractivity contribution < 1.29 is 14.4 Å². The van der Waals surface area contributed by atoms with Gasteiger partial charge in [-0.2, -0.15) is 0 Å². The zero-order chi connectivity index (χ0) is 19.3. The normalized spacial score (nSPS) is 12.2. The number of benzene rings is 2. The van der Waals surface area contributed by atoms with Crippen molar-refractivity contribution in [3.05, 3.63) is 65.7 Å². The highest BCUT2D eigenvalue weighted by Gasteiger charge is 2.36. The van der Waals surface area contributed by atoms with Gasteiger partial charge in [-0.3, -0.25) is 14.4 Å². The fourth-order valence-corrected chi connectivity index (χ4v) is 2.41. The summed E-state index contributed by atoms with van der Waals surface area (Å²) in [7, 11) is 0. The van der Waals surface area contributed by atoms with E-state index in [1.54, 1.807) is 38.1 Å². The number of nitrogens with one attached hydrogen (secondary N) is 2. The molecular formula is C21H24N2O3. The van der Waals surface area contributed by atoms with Crippen molar-refractivity contribution in [2.45, 2.75) is 33.7 Å². The summed E-state index contributed by atoms with van der Waals surface area (Å²) in [6.07, 6.45) is 0. The van der Waals surface area contributed by atoms with E-state index in [1.807, 2.05) is 37.3 Å². The fourth-order valence-electron chi connectivity index (χ4n) is 2.41. The average Bonchev–Trinajstić information content (AvgIpc) is 2.62. The van der Waals surface area contributed by atoms with Crippen LogP contribution in [0.25, 0.3) is 0 Å². The summed E-state index contributed by atoms with van der Waals surface area (Å²) in [6, 6.07) is 16.0. The van der Waals surface area contributed by atoms with Gasteiger partial charge < -0.3 is 10.6 Å². The lowest BCUT2D eigenvalue weighted by molar-refractivity contribution is -0.138. The van der Waals surface area contributed by atoms with Crippen LogP contribution in [0.3, 0.4) is 0 Å². The van der Waals surface area contributed by atoms with Crippen LogP contribution >= 0.6 is 0 Å². The van der Waals surface area contributed by atoms with E-state index in [0.29, 0.717) is 11.3 Å². The maximum Gasteiger partial charge on any atom is 0.239 e. The van der Waals surface area contributed by atoms with Gasteiger partial charge in [0.05, 0.1) is 6.04 Å². The molecule has 0 saturated heterocycles. The first-order chi connectivity index (χ1) is 12.2. The highest BCUT2D eigenvalue weighted by molar-refractivity contribution is 6.10. The third-order valence-corrected chi connectivity index (χ3v) is 4.31. The molecule has 5 heteroatoms. The van der Waals surface area contributed by atoms with Crippen LogP contribution in [0, 0.1) is 5.41 Å². The molecular weight excluding hydrogens is 328 g/mol. The van der Waals surface area contributed by atoms with Crippen LogP contribution in [0.1, 0.15) is 49.7 Å². The molecule has 2 aromatic rings. The van der Waals surface area contributed by atoms with E-state index in [9.17, 15) is 14.4 Å². The van der Waals surface area contributed by atoms with Crippen molar-refractivity contribution in [3.8, 4) is 0 Å². The zero-order valence-corrected chi connectivity index (χ0v) is 15.5. The van der Waals surface area contributed by atoms with E-state index in [1.165, 1.54) is 6.92 Å². The third-order valence-electron chi connectivity index (χ3n) is 4.31. The number of amides is 2. The van der Waals surface area contributed by atoms with Gasteiger partial charge in [-0.1, -0.05) is 42.5 Å². The Labute approximate surface area is 153 Å². The van der Waals surface area contributed by atoms with Gasteiger partial charge in [-0.25, -0.2) is 0 Å². The standard InChI is InChI=1S/C21H24N2O3/c1-14(16-9-6-5-7-10-16)22-19(25)21(3,4)20(26)23-18-12-8-11-17(13-18)15(2)24/h5-14H,1-4H3,(H,22,25)(H,23,26). The topological polar surface area (TPSA) is 75.3 Å². The number of rotatable bonds is 6. The number of carbonyl (C=O) groups excluding carboxylic acids is 3. The van der Waals surface area contributed by atoms with Crippen LogP contribution in [-0.4, -0.2) is 17.6 Å². The number of hydrogen-bond donors (Lipinski definition) is 2. The molecule has 0 bridgehead atoms. The van der Waals surface area contributed by atoms with Gasteiger partial charge in [0.1, 0.15) is 5.41 Å². The van der Waals surface area contributed by atoms with Crippen molar-refractivity contribution in [1.29, 1.82) is 0 Å². The number of carbonyl (C=O) groups is 3. The van der Waals surface area contributed by atoms with Crippen LogP contribution in [0.4, 0.5) is 5.69 Å². The summed E-state index contributed by atoms with van der Waals surface area (Å²) in [4.78, 5) is 36.7. The molecule has 5 nitrogen and oxygen atoms in total. The lowest BCUT2D eigenvalue weighted by atomic mass is 9.90. The SMILES string of the molecule is CC(=O)c1cccc(NC(=O)C(C)(C)C(=O)NC(C)c2ccccc2)c1. The maximum absolute atomic E-state index is 12.6. The molecule has 136 valence electrons. The molecule has 0 fully saturated rings. The van der Waals surface area contributed by atoms with Crippen LogP contribution in [0.15, 0.2) is 54.6 Å². The van der Waals surface area contributed by atoms with E-state index in [2.05, 4.69) is 10.6 Å². The molecule has 0 aliphatic rings. The third kappa shape index (κ3) is 4.57. The largest absolute Gasteiger partial charge is 0.349 e. The van der Waals surface area contributed by atoms with Gasteiger partial charge in [0.2, 0.25) is 11.8 Å². The second-order valence-electron chi connectivity index (χ2n) is 6.82. The summed E-state index contributed by atoms with van der Waals surface area (Å²) < 4.78 is 0. The van der Waals surface area contributed by atoms with E-state index in [0.717, 1.165) is 5.56 Å². The minimum absolute atomic E-state index is 0.0882. The van der Waals surface area contributed by atoms with E-state index in [4.69, 9.17) is 0 Å². The number of hydrogen-bond acceptors (Lipinski definition) is 3. The van der Waals surface area contributed by atoms with Gasteiger partial charge in [0.25, 0.3) is 0 Å². The van der Waals surface area contributed by atoms with Gasteiger partial charge >= 0.3 is 0 Å². The molecule has 2 aromatic carbocycles. The molecule has 0 spiro atoms. The molecule has 2 N–H and O–H groups in total. The van der Waals surface area contributed by atoms with Crippen molar-refractivity contribution in [3.63, 3.8) is 0 Å². The molecule has 0 aliphatic carbocycles. The summed E-state index contributed by atoms with van der Waals surface area (Å²) in [6.45, 7) is 6.48. The molecule has 0 aliphatic heterocycles. The highest BCUT2D eigenvalue weighted by Crippen LogP contribution is 2.22. The lowest BCUT2D eigenvalue weighted by Crippen LogP contribution is -2.45. The number of anilines is 1. The Hall–Kier alpha value is -2.95. The summed E-state index contributed by atoms with van der Waals surface area (Å²) >= 11 is 0. The zero-order valence-electron chi connectivity index (χ0n) is 15.5.